The Kier molecular flexibility index (Phi) is 7.92. The lowest BCUT2D eigenvalue weighted by molar-refractivity contribution is 0.400. The molecule has 0 aromatic heterocycles. The van der Waals surface area contributed by atoms with Crippen LogP contribution in [0, 0.1) is 13.8 Å². The van der Waals surface area contributed by atoms with Crippen LogP contribution in [0.5, 0.6) is 17.2 Å². The molecule has 3 aromatic rings. The second kappa shape index (κ2) is 10.2. The van der Waals surface area contributed by atoms with Crippen LogP contribution in [0.3, 0.4) is 0 Å². The molecule has 3 aromatic carbocycles. The van der Waals surface area contributed by atoms with E-state index in [0.29, 0.717) is 0 Å². The highest BCUT2D eigenvalue weighted by Gasteiger charge is 2.32. The van der Waals surface area contributed by atoms with Gasteiger partial charge in [0.2, 0.25) is 0 Å². The van der Waals surface area contributed by atoms with Crippen molar-refractivity contribution in [2.24, 2.45) is 0 Å². The van der Waals surface area contributed by atoms with Crippen molar-refractivity contribution in [1.82, 2.24) is 0 Å². The predicted octanol–water partition coefficient (Wildman–Crippen LogP) is 6.68. The van der Waals surface area contributed by atoms with Crippen LogP contribution in [-0.4, -0.2) is 21.3 Å². The summed E-state index contributed by atoms with van der Waals surface area (Å²) in [6, 6.07) is 17.4. The molecule has 3 nitrogen and oxygen atoms in total. The summed E-state index contributed by atoms with van der Waals surface area (Å²) in [5, 5.41) is 3.51. The number of ether oxygens (including phenoxy) is 3. The Morgan fingerprint density at radius 1 is 0.571 bits per heavy atom. The van der Waals surface area contributed by atoms with Gasteiger partial charge < -0.3 is 14.2 Å². The minimum atomic E-state index is -1.06. The lowest BCUT2D eigenvalue weighted by Crippen LogP contribution is -2.28. The van der Waals surface area contributed by atoms with Gasteiger partial charge in [0.1, 0.15) is 17.2 Å². The minimum Gasteiger partial charge on any atom is -0.496 e. The maximum atomic E-state index is 6.19. The van der Waals surface area contributed by atoms with E-state index in [2.05, 4.69) is 91.8 Å². The third-order valence-corrected chi connectivity index (χ3v) is 8.74. The van der Waals surface area contributed by atoms with Crippen LogP contribution < -0.4 is 30.1 Å². The lowest BCUT2D eigenvalue weighted by atomic mass is 9.85. The summed E-state index contributed by atoms with van der Waals surface area (Å²) in [5.41, 5.74) is 4.72. The summed E-state index contributed by atoms with van der Waals surface area (Å²) in [6.45, 7) is 17.8. The third kappa shape index (κ3) is 5.51. The maximum absolute atomic E-state index is 6.19. The van der Waals surface area contributed by atoms with Gasteiger partial charge >= 0.3 is 0 Å². The van der Waals surface area contributed by atoms with E-state index in [-0.39, 0.29) is 10.8 Å². The molecule has 0 bridgehead atoms. The van der Waals surface area contributed by atoms with Crippen LogP contribution in [0.2, 0.25) is 0 Å². The largest absolute Gasteiger partial charge is 0.496 e. The average molecular weight is 493 g/mol. The first kappa shape index (κ1) is 27.1. The Morgan fingerprint density at radius 2 is 1.00 bits per heavy atom. The highest BCUT2D eigenvalue weighted by molar-refractivity contribution is 7.80. The number of aryl methyl sites for hydroxylation is 2. The smallest absolute Gasteiger partial charge is 0.130 e. The number of hydrogen-bond donors (Lipinski definition) is 0. The molecule has 0 N–H and O–H groups in total. The third-order valence-electron chi connectivity index (χ3n) is 6.26. The molecule has 0 aliphatic heterocycles. The van der Waals surface area contributed by atoms with Gasteiger partial charge in [-0.1, -0.05) is 71.9 Å². The van der Waals surface area contributed by atoms with E-state index < -0.39 is 7.92 Å². The molecule has 0 amide bonds. The molecular formula is C31H41O3P. The van der Waals surface area contributed by atoms with Crippen molar-refractivity contribution in [2.75, 3.05) is 21.3 Å². The van der Waals surface area contributed by atoms with Gasteiger partial charge in [0, 0.05) is 27.0 Å². The molecule has 0 atom stereocenters. The molecule has 0 spiro atoms. The fourth-order valence-electron chi connectivity index (χ4n) is 4.59. The summed E-state index contributed by atoms with van der Waals surface area (Å²) in [7, 11) is 4.25. The average Bonchev–Trinajstić information content (AvgIpc) is 2.77. The fourth-order valence-corrected chi connectivity index (χ4v) is 7.48. The fraction of sp³-hybridized carbons (Fsp3) is 0.419. The van der Waals surface area contributed by atoms with Crippen LogP contribution in [0.25, 0.3) is 0 Å². The van der Waals surface area contributed by atoms with Gasteiger partial charge in [-0.15, -0.1) is 0 Å². The van der Waals surface area contributed by atoms with Gasteiger partial charge in [0.15, 0.2) is 0 Å². The van der Waals surface area contributed by atoms with Crippen molar-refractivity contribution in [1.29, 1.82) is 0 Å². The number of rotatable bonds is 6. The Morgan fingerprint density at radius 3 is 1.37 bits per heavy atom. The molecule has 4 heteroatoms. The molecule has 0 heterocycles. The Hall–Kier alpha value is -2.51. The molecule has 0 aliphatic carbocycles. The second-order valence-electron chi connectivity index (χ2n) is 11.2. The second-order valence-corrected chi connectivity index (χ2v) is 13.4. The van der Waals surface area contributed by atoms with Gasteiger partial charge in [-0.3, -0.25) is 0 Å². The van der Waals surface area contributed by atoms with Crippen molar-refractivity contribution >= 4 is 23.8 Å². The van der Waals surface area contributed by atoms with E-state index >= 15 is 0 Å². The SMILES string of the molecule is COc1ccccc1P(c1cc(C)cc(C(C)(C)C)c1OC)c1cc(C)cc(C(C)(C)C)c1OC. The highest BCUT2D eigenvalue weighted by Crippen LogP contribution is 2.47. The first-order valence-corrected chi connectivity index (χ1v) is 13.5. The van der Waals surface area contributed by atoms with Crippen LogP contribution >= 0.6 is 7.92 Å². The van der Waals surface area contributed by atoms with E-state index in [1.54, 1.807) is 21.3 Å². The summed E-state index contributed by atoms with van der Waals surface area (Å²) in [5.74, 6) is 2.77. The molecule has 0 unspecified atom stereocenters. The predicted molar refractivity (Wildman–Crippen MR) is 152 cm³/mol. The number of methoxy groups -OCH3 is 3. The molecule has 0 saturated carbocycles. The molecule has 0 saturated heterocycles. The number of hydrogen-bond acceptors (Lipinski definition) is 3. The van der Waals surface area contributed by atoms with E-state index in [1.807, 2.05) is 12.1 Å². The summed E-state index contributed by atoms with van der Waals surface area (Å²) < 4.78 is 18.3. The van der Waals surface area contributed by atoms with Gasteiger partial charge in [0.25, 0.3) is 0 Å². The van der Waals surface area contributed by atoms with Crippen molar-refractivity contribution in [2.45, 2.75) is 66.2 Å². The zero-order chi connectivity index (χ0) is 26.1. The standard InChI is InChI=1S/C31H41O3P/c1-20-16-22(30(3,4)5)28(33-10)26(18-20)35(25-15-13-12-14-24(25)32-9)27-19-21(2)17-23(29(27)34-11)31(6,7)8/h12-19H,1-11H3. The van der Waals surface area contributed by atoms with Gasteiger partial charge in [0.05, 0.1) is 21.3 Å². The molecule has 35 heavy (non-hydrogen) atoms. The highest BCUT2D eigenvalue weighted by atomic mass is 31.1. The van der Waals surface area contributed by atoms with Crippen molar-refractivity contribution < 1.29 is 14.2 Å². The van der Waals surface area contributed by atoms with Crippen molar-refractivity contribution in [3.8, 4) is 17.2 Å². The summed E-state index contributed by atoms with van der Waals surface area (Å²) in [6.07, 6.45) is 0. The zero-order valence-corrected chi connectivity index (χ0v) is 24.2. The topological polar surface area (TPSA) is 27.7 Å². The lowest BCUT2D eigenvalue weighted by Gasteiger charge is -2.31. The van der Waals surface area contributed by atoms with E-state index in [1.165, 1.54) is 32.9 Å². The first-order chi connectivity index (χ1) is 16.3. The molecular weight excluding hydrogens is 451 g/mol. The Bertz CT molecular complexity index is 1130. The number of benzene rings is 3. The molecule has 188 valence electrons. The normalized spacial score (nSPS) is 12.1. The van der Waals surface area contributed by atoms with Crippen LogP contribution in [-0.2, 0) is 10.8 Å². The molecule has 0 fully saturated rings. The van der Waals surface area contributed by atoms with Crippen LogP contribution in [0.4, 0.5) is 0 Å². The quantitative estimate of drug-likeness (QED) is 0.359. The monoisotopic (exact) mass is 492 g/mol. The Labute approximate surface area is 213 Å². The Balaban J connectivity index is 2.53. The number of para-hydroxylation sites is 1. The zero-order valence-electron chi connectivity index (χ0n) is 23.3. The van der Waals surface area contributed by atoms with E-state index in [0.717, 1.165) is 22.6 Å². The maximum Gasteiger partial charge on any atom is 0.130 e. The van der Waals surface area contributed by atoms with Gasteiger partial charge in [-0.2, -0.15) is 0 Å². The van der Waals surface area contributed by atoms with Crippen LogP contribution in [0.15, 0.2) is 48.5 Å². The molecule has 0 radical (unpaired) electrons. The van der Waals surface area contributed by atoms with Crippen LogP contribution in [0.1, 0.15) is 63.8 Å². The minimum absolute atomic E-state index is 0.0683. The molecule has 3 rings (SSSR count). The van der Waals surface area contributed by atoms with E-state index in [4.69, 9.17) is 14.2 Å². The molecule has 0 aliphatic rings. The van der Waals surface area contributed by atoms with Gasteiger partial charge in [-0.25, -0.2) is 0 Å². The first-order valence-electron chi connectivity index (χ1n) is 12.1. The van der Waals surface area contributed by atoms with Crippen molar-refractivity contribution in [3.05, 3.63) is 70.8 Å². The van der Waals surface area contributed by atoms with E-state index in [9.17, 15) is 0 Å². The summed E-state index contributed by atoms with van der Waals surface area (Å²) >= 11 is 0. The van der Waals surface area contributed by atoms with Crippen molar-refractivity contribution in [3.63, 3.8) is 0 Å². The summed E-state index contributed by atoms with van der Waals surface area (Å²) in [4.78, 5) is 0. The van der Waals surface area contributed by atoms with Gasteiger partial charge in [-0.05, 0) is 61.9 Å².